The van der Waals surface area contributed by atoms with Crippen molar-refractivity contribution in [3.8, 4) is 5.75 Å². The van der Waals surface area contributed by atoms with E-state index in [1.165, 1.54) is 34.8 Å². The first-order valence-corrected chi connectivity index (χ1v) is 15.8. The van der Waals surface area contributed by atoms with Crippen molar-refractivity contribution in [3.63, 3.8) is 0 Å². The van der Waals surface area contributed by atoms with Crippen LogP contribution in [0.4, 0.5) is 23.1 Å². The van der Waals surface area contributed by atoms with E-state index in [1.54, 1.807) is 27.1 Å². The fourth-order valence-electron chi connectivity index (χ4n) is 5.05. The van der Waals surface area contributed by atoms with Crippen LogP contribution < -0.4 is 15.4 Å². The van der Waals surface area contributed by atoms with Crippen LogP contribution in [0.15, 0.2) is 29.6 Å². The Bertz CT molecular complexity index is 1490. The number of sulfone groups is 1. The van der Waals surface area contributed by atoms with Crippen LogP contribution in [-0.4, -0.2) is 64.1 Å². The molecule has 216 valence electrons. The molecule has 1 saturated carbocycles. The second kappa shape index (κ2) is 11.5. The van der Waals surface area contributed by atoms with Crippen molar-refractivity contribution in [2.24, 2.45) is 7.05 Å². The summed E-state index contributed by atoms with van der Waals surface area (Å²) in [6, 6.07) is 4.30. The minimum atomic E-state index is -3.63. The number of halogens is 1. The molecular formula is C28H38ClN7O3S. The van der Waals surface area contributed by atoms with Crippen LogP contribution in [0.25, 0.3) is 0 Å². The van der Waals surface area contributed by atoms with Crippen LogP contribution in [0, 0.1) is 6.92 Å². The smallest absolute Gasteiger partial charge is 0.229 e. The lowest BCUT2D eigenvalue weighted by Gasteiger charge is -2.33. The summed E-state index contributed by atoms with van der Waals surface area (Å²) >= 11 is 6.43. The van der Waals surface area contributed by atoms with Crippen LogP contribution in [0.2, 0.25) is 5.02 Å². The summed E-state index contributed by atoms with van der Waals surface area (Å²) in [5, 5.41) is 10.1. The molecule has 3 heterocycles. The molecule has 10 nitrogen and oxygen atoms in total. The Hall–Kier alpha value is -2.89. The number of aromatic nitrogens is 4. The molecular weight excluding hydrogens is 550 g/mol. The molecule has 12 heteroatoms. The highest BCUT2D eigenvalue weighted by molar-refractivity contribution is 7.92. The van der Waals surface area contributed by atoms with Gasteiger partial charge >= 0.3 is 0 Å². The third-order valence-corrected chi connectivity index (χ3v) is 9.87. The highest BCUT2D eigenvalue weighted by Gasteiger charge is 2.29. The van der Waals surface area contributed by atoms with Crippen LogP contribution in [0.5, 0.6) is 5.75 Å². The molecule has 2 aliphatic rings. The minimum absolute atomic E-state index is 0.0510. The molecule has 1 saturated heterocycles. The van der Waals surface area contributed by atoms with E-state index in [9.17, 15) is 8.42 Å². The Morgan fingerprint density at radius 2 is 1.95 bits per heavy atom. The average molecular weight is 588 g/mol. The topological polar surface area (TPSA) is 114 Å². The number of nitrogens with one attached hydrogen (secondary N) is 2. The molecule has 40 heavy (non-hydrogen) atoms. The number of hydrogen-bond acceptors (Lipinski definition) is 9. The number of hydrogen-bond donors (Lipinski definition) is 2. The van der Waals surface area contributed by atoms with Gasteiger partial charge in [0.05, 0.1) is 28.9 Å². The Morgan fingerprint density at radius 3 is 2.65 bits per heavy atom. The summed E-state index contributed by atoms with van der Waals surface area (Å²) in [4.78, 5) is 11.5. The van der Waals surface area contributed by atoms with Crippen LogP contribution in [-0.2, 0) is 16.9 Å². The quantitative estimate of drug-likeness (QED) is 0.313. The fourth-order valence-corrected chi connectivity index (χ4v) is 6.29. The molecule has 3 aromatic rings. The van der Waals surface area contributed by atoms with Crippen LogP contribution in [0.3, 0.4) is 0 Å². The Balaban J connectivity index is 1.44. The molecule has 5 rings (SSSR count). The first kappa shape index (κ1) is 28.6. The zero-order valence-corrected chi connectivity index (χ0v) is 25.3. The molecule has 2 N–H and O–H groups in total. The van der Waals surface area contributed by atoms with E-state index in [2.05, 4.69) is 56.6 Å². The zero-order valence-electron chi connectivity index (χ0n) is 23.7. The second-order valence-electron chi connectivity index (χ2n) is 11.0. The van der Waals surface area contributed by atoms with E-state index in [4.69, 9.17) is 16.3 Å². The lowest BCUT2D eigenvalue weighted by atomic mass is 9.87. The van der Waals surface area contributed by atoms with Gasteiger partial charge in [-0.1, -0.05) is 18.5 Å². The fraction of sp³-hybridized carbons (Fsp3) is 0.536. The first-order valence-electron chi connectivity index (χ1n) is 13.9. The molecule has 0 bridgehead atoms. The van der Waals surface area contributed by atoms with E-state index in [1.807, 2.05) is 0 Å². The molecule has 1 aliphatic carbocycles. The van der Waals surface area contributed by atoms with E-state index >= 15 is 0 Å². The van der Waals surface area contributed by atoms with E-state index < -0.39 is 15.1 Å². The number of aryl methyl sites for hydroxylation is 2. The summed E-state index contributed by atoms with van der Waals surface area (Å²) in [5.74, 6) is 1.85. The number of nitrogens with zero attached hydrogens (tertiary/aromatic N) is 5. The summed E-state index contributed by atoms with van der Waals surface area (Å²) in [6.07, 6.45) is 7.77. The van der Waals surface area contributed by atoms with E-state index in [0.29, 0.717) is 17.6 Å². The Kier molecular flexibility index (Phi) is 8.26. The highest BCUT2D eigenvalue weighted by atomic mass is 35.5. The van der Waals surface area contributed by atoms with Gasteiger partial charge < -0.3 is 20.3 Å². The average Bonchev–Trinajstić information content (AvgIpc) is 3.66. The maximum absolute atomic E-state index is 12.9. The maximum atomic E-state index is 12.9. The number of piperidine rings is 1. The number of anilines is 4. The van der Waals surface area contributed by atoms with Crippen molar-refractivity contribution in [2.45, 2.75) is 75.7 Å². The molecule has 1 aliphatic heterocycles. The summed E-state index contributed by atoms with van der Waals surface area (Å²) in [6.45, 7) is 10.9. The molecule has 2 fully saturated rings. The van der Waals surface area contributed by atoms with Gasteiger partial charge in [-0.15, -0.1) is 0 Å². The van der Waals surface area contributed by atoms with Gasteiger partial charge in [0.15, 0.2) is 5.82 Å². The number of likely N-dealkylation sites (tertiary alicyclic amines) is 1. The Labute approximate surface area is 241 Å². The largest absolute Gasteiger partial charge is 0.488 e. The molecule has 1 atom stereocenters. The molecule has 1 unspecified atom stereocenters. The van der Waals surface area contributed by atoms with Gasteiger partial charge in [0, 0.05) is 19.8 Å². The summed E-state index contributed by atoms with van der Waals surface area (Å²) in [7, 11) is -1.96. The number of rotatable bonds is 10. The molecule has 0 amide bonds. The van der Waals surface area contributed by atoms with Gasteiger partial charge in [0.1, 0.15) is 10.8 Å². The lowest BCUT2D eigenvalue weighted by molar-refractivity contribution is 0.217. The van der Waals surface area contributed by atoms with Gasteiger partial charge in [-0.05, 0) is 88.7 Å². The number of ether oxygens (including phenoxy) is 1. The second-order valence-corrected chi connectivity index (χ2v) is 13.8. The number of likely N-dealkylation sites (N-methyl/N-ethyl adjacent to an activating group) is 1. The summed E-state index contributed by atoms with van der Waals surface area (Å²) in [5.41, 5.74) is 3.61. The normalized spacial score (nSPS) is 18.2. The van der Waals surface area contributed by atoms with Gasteiger partial charge in [0.25, 0.3) is 0 Å². The van der Waals surface area contributed by atoms with Crippen molar-refractivity contribution in [3.05, 3.63) is 40.7 Å². The zero-order chi connectivity index (χ0) is 28.6. The highest BCUT2D eigenvalue weighted by Crippen LogP contribution is 2.40. The molecule has 1 aromatic carbocycles. The predicted molar refractivity (Wildman–Crippen MR) is 158 cm³/mol. The van der Waals surface area contributed by atoms with E-state index in [-0.39, 0.29) is 22.0 Å². The van der Waals surface area contributed by atoms with Crippen molar-refractivity contribution in [1.29, 1.82) is 0 Å². The standard InChI is InChI=1S/C28H38ClN7O3S/c1-6-36-11-7-8-19(15-36)21-13-25(39-20-9-10-20)23(12-18(21)4)32-28-30-14-22(29)26(33-28)31-24-16-35(5)34-27(24)40(37,38)17(2)3/h12-14,16-17,19-20H,6-11,15H2,1-5H3,(H2,30,31,32,33). The predicted octanol–water partition coefficient (Wildman–Crippen LogP) is 5.58. The monoisotopic (exact) mass is 587 g/mol. The first-order chi connectivity index (χ1) is 19.0. The molecule has 0 radical (unpaired) electrons. The van der Waals surface area contributed by atoms with Gasteiger partial charge in [-0.25, -0.2) is 13.4 Å². The summed E-state index contributed by atoms with van der Waals surface area (Å²) < 4.78 is 33.6. The SMILES string of the molecule is CCN1CCCC(c2cc(OC3CC3)c(Nc3ncc(Cl)c(Nc4cn(C)nc4S(=O)(=O)C(C)C)n3)cc2C)C1. The van der Waals surface area contributed by atoms with Crippen LogP contribution >= 0.6 is 11.6 Å². The third-order valence-electron chi connectivity index (χ3n) is 7.51. The van der Waals surface area contributed by atoms with Crippen molar-refractivity contribution >= 4 is 44.6 Å². The number of benzene rings is 1. The van der Waals surface area contributed by atoms with Gasteiger partial charge in [0.2, 0.25) is 20.8 Å². The van der Waals surface area contributed by atoms with Crippen molar-refractivity contribution < 1.29 is 13.2 Å². The third kappa shape index (κ3) is 6.21. The van der Waals surface area contributed by atoms with Crippen molar-refractivity contribution in [1.82, 2.24) is 24.6 Å². The van der Waals surface area contributed by atoms with Gasteiger partial charge in [-0.2, -0.15) is 10.1 Å². The van der Waals surface area contributed by atoms with Crippen molar-refractivity contribution in [2.75, 3.05) is 30.3 Å². The molecule has 0 spiro atoms. The van der Waals surface area contributed by atoms with Crippen LogP contribution in [0.1, 0.15) is 63.5 Å². The van der Waals surface area contributed by atoms with Gasteiger partial charge in [-0.3, -0.25) is 4.68 Å². The minimum Gasteiger partial charge on any atom is -0.488 e. The Morgan fingerprint density at radius 1 is 1.18 bits per heavy atom. The lowest BCUT2D eigenvalue weighted by Crippen LogP contribution is -2.34. The van der Waals surface area contributed by atoms with E-state index in [0.717, 1.165) is 43.9 Å². The maximum Gasteiger partial charge on any atom is 0.229 e. The molecule has 2 aromatic heterocycles.